The highest BCUT2D eigenvalue weighted by Gasteiger charge is 2.03. The van der Waals surface area contributed by atoms with Gasteiger partial charge in [-0.05, 0) is 42.7 Å². The number of aliphatic carboxylic acids is 1. The number of benzene rings is 1. The molecule has 0 radical (unpaired) electrons. The van der Waals surface area contributed by atoms with Crippen LogP contribution in [0, 0.1) is 0 Å². The quantitative estimate of drug-likeness (QED) is 0.465. The average molecular weight is 360 g/mol. The van der Waals surface area contributed by atoms with Crippen LogP contribution in [0.15, 0.2) is 36.4 Å². The summed E-state index contributed by atoms with van der Waals surface area (Å²) >= 11 is 1.89. The summed E-state index contributed by atoms with van der Waals surface area (Å²) in [5.41, 5.74) is 1.86. The molecule has 2 aromatic rings. The first-order valence-electron chi connectivity index (χ1n) is 9.29. The minimum absolute atomic E-state index is 0.0764. The minimum Gasteiger partial charge on any atom is -0.481 e. The van der Waals surface area contributed by atoms with Crippen LogP contribution in [0.1, 0.15) is 60.8 Å². The Morgan fingerprint density at radius 3 is 2.36 bits per heavy atom. The van der Waals surface area contributed by atoms with Crippen molar-refractivity contribution in [3.8, 4) is 0 Å². The van der Waals surface area contributed by atoms with E-state index < -0.39 is 5.97 Å². The number of unbranched alkanes of at least 4 members (excludes halogenated alkanes) is 5. The zero-order valence-corrected chi connectivity index (χ0v) is 15.9. The molecule has 0 atom stereocenters. The largest absolute Gasteiger partial charge is 0.481 e. The second kappa shape index (κ2) is 10.9. The molecule has 1 aromatic heterocycles. The topological polar surface area (TPSA) is 49.3 Å². The first-order valence-corrected chi connectivity index (χ1v) is 10.1. The summed E-state index contributed by atoms with van der Waals surface area (Å²) < 4.78 is 0. The van der Waals surface area contributed by atoms with Gasteiger partial charge in [-0.15, -0.1) is 11.3 Å². The number of rotatable bonds is 12. The van der Waals surface area contributed by atoms with Crippen molar-refractivity contribution in [2.24, 2.45) is 0 Å². The molecule has 4 heteroatoms. The number of anilines is 1. The molecule has 0 aliphatic heterocycles. The number of nitrogens with one attached hydrogen (secondary N) is 1. The third kappa shape index (κ3) is 7.74. The van der Waals surface area contributed by atoms with Crippen LogP contribution in [0.5, 0.6) is 0 Å². The van der Waals surface area contributed by atoms with Gasteiger partial charge in [0.25, 0.3) is 0 Å². The van der Waals surface area contributed by atoms with Gasteiger partial charge in [0, 0.05) is 22.0 Å². The van der Waals surface area contributed by atoms with E-state index in [1.807, 2.05) is 35.6 Å². The van der Waals surface area contributed by atoms with Crippen LogP contribution < -0.4 is 5.32 Å². The zero-order chi connectivity index (χ0) is 17.9. The van der Waals surface area contributed by atoms with Crippen LogP contribution in [0.4, 0.5) is 5.69 Å². The van der Waals surface area contributed by atoms with E-state index in [0.717, 1.165) is 17.8 Å². The molecule has 0 saturated heterocycles. The van der Waals surface area contributed by atoms with E-state index in [4.69, 9.17) is 5.11 Å². The van der Waals surface area contributed by atoms with Crippen LogP contribution in [-0.4, -0.2) is 11.1 Å². The third-order valence-electron chi connectivity index (χ3n) is 4.27. The highest BCUT2D eigenvalue weighted by atomic mass is 32.1. The number of hydrogen-bond donors (Lipinski definition) is 2. The molecule has 0 spiro atoms. The van der Waals surface area contributed by atoms with Gasteiger partial charge in [0.1, 0.15) is 0 Å². The molecule has 2 rings (SSSR count). The van der Waals surface area contributed by atoms with E-state index in [2.05, 4.69) is 24.4 Å². The minimum atomic E-state index is -0.794. The molecule has 2 N–H and O–H groups in total. The molecule has 1 heterocycles. The van der Waals surface area contributed by atoms with Crippen molar-refractivity contribution in [2.75, 3.05) is 5.32 Å². The number of hydrogen-bond acceptors (Lipinski definition) is 3. The summed E-state index contributed by atoms with van der Waals surface area (Å²) in [7, 11) is 0. The molecular formula is C21H29NO2S. The lowest BCUT2D eigenvalue weighted by atomic mass is 10.1. The molecule has 1 aromatic carbocycles. The monoisotopic (exact) mass is 359 g/mol. The second-order valence-electron chi connectivity index (χ2n) is 6.51. The van der Waals surface area contributed by atoms with Crippen LogP contribution in [0.3, 0.4) is 0 Å². The molecule has 0 aliphatic rings. The summed E-state index contributed by atoms with van der Waals surface area (Å²) in [5, 5.41) is 12.2. The Labute approximate surface area is 155 Å². The lowest BCUT2D eigenvalue weighted by Gasteiger charge is -2.05. The van der Waals surface area contributed by atoms with Gasteiger partial charge in [0.15, 0.2) is 0 Å². The standard InChI is InChI=1S/C21H29NO2S/c1-2-3-4-5-6-7-8-19-13-14-20(25-19)16-22-18-11-9-17(10-12-18)15-21(23)24/h9-14,22H,2-8,15-16H2,1H3,(H,23,24). The van der Waals surface area contributed by atoms with Gasteiger partial charge in [0.05, 0.1) is 6.42 Å². The van der Waals surface area contributed by atoms with Crippen molar-refractivity contribution in [1.29, 1.82) is 0 Å². The van der Waals surface area contributed by atoms with Crippen molar-refractivity contribution in [1.82, 2.24) is 0 Å². The fourth-order valence-corrected chi connectivity index (χ4v) is 3.84. The molecule has 0 bridgehead atoms. The number of carboxylic acid groups (broad SMARTS) is 1. The van der Waals surface area contributed by atoms with E-state index >= 15 is 0 Å². The average Bonchev–Trinajstić information content (AvgIpc) is 3.05. The Bertz CT molecular complexity index is 634. The van der Waals surface area contributed by atoms with Gasteiger partial charge in [-0.2, -0.15) is 0 Å². The van der Waals surface area contributed by atoms with E-state index in [9.17, 15) is 4.79 Å². The maximum atomic E-state index is 10.7. The van der Waals surface area contributed by atoms with Crippen LogP contribution >= 0.6 is 11.3 Å². The molecule has 0 saturated carbocycles. The Hall–Kier alpha value is -1.81. The van der Waals surface area contributed by atoms with E-state index in [1.54, 1.807) is 0 Å². The lowest BCUT2D eigenvalue weighted by molar-refractivity contribution is -0.136. The molecule has 0 aliphatic carbocycles. The number of thiophene rings is 1. The van der Waals surface area contributed by atoms with Crippen molar-refractivity contribution >= 4 is 23.0 Å². The maximum Gasteiger partial charge on any atom is 0.307 e. The van der Waals surface area contributed by atoms with Gasteiger partial charge in [-0.25, -0.2) is 0 Å². The molecule has 3 nitrogen and oxygen atoms in total. The van der Waals surface area contributed by atoms with Crippen LogP contribution in [0.2, 0.25) is 0 Å². The van der Waals surface area contributed by atoms with E-state index in [1.165, 1.54) is 54.7 Å². The number of carboxylic acids is 1. The predicted octanol–water partition coefficient (Wildman–Crippen LogP) is 5.89. The fourth-order valence-electron chi connectivity index (χ4n) is 2.84. The number of aryl methyl sites for hydroxylation is 1. The van der Waals surface area contributed by atoms with Gasteiger partial charge < -0.3 is 10.4 Å². The van der Waals surface area contributed by atoms with Crippen molar-refractivity contribution in [3.05, 3.63) is 51.7 Å². The molecular weight excluding hydrogens is 330 g/mol. The normalized spacial score (nSPS) is 10.8. The van der Waals surface area contributed by atoms with Gasteiger partial charge >= 0.3 is 5.97 Å². The predicted molar refractivity (Wildman–Crippen MR) is 107 cm³/mol. The Morgan fingerprint density at radius 1 is 0.960 bits per heavy atom. The SMILES string of the molecule is CCCCCCCCc1ccc(CNc2ccc(CC(=O)O)cc2)s1. The smallest absolute Gasteiger partial charge is 0.307 e. The molecule has 0 unspecified atom stereocenters. The van der Waals surface area contributed by atoms with Crippen molar-refractivity contribution < 1.29 is 9.90 Å². The Balaban J connectivity index is 1.69. The second-order valence-corrected chi connectivity index (χ2v) is 7.76. The summed E-state index contributed by atoms with van der Waals surface area (Å²) in [6.07, 6.45) is 9.33. The highest BCUT2D eigenvalue weighted by molar-refractivity contribution is 7.12. The van der Waals surface area contributed by atoms with Gasteiger partial charge in [-0.1, -0.05) is 51.2 Å². The third-order valence-corrected chi connectivity index (χ3v) is 5.42. The van der Waals surface area contributed by atoms with Gasteiger partial charge in [0.2, 0.25) is 0 Å². The fraction of sp³-hybridized carbons (Fsp3) is 0.476. The molecule has 136 valence electrons. The van der Waals surface area contributed by atoms with E-state index in [0.29, 0.717) is 0 Å². The first kappa shape index (κ1) is 19.5. The Morgan fingerprint density at radius 2 is 1.64 bits per heavy atom. The summed E-state index contributed by atoms with van der Waals surface area (Å²) in [6.45, 7) is 3.07. The number of carbonyl (C=O) groups is 1. The zero-order valence-electron chi connectivity index (χ0n) is 15.1. The van der Waals surface area contributed by atoms with Crippen LogP contribution in [-0.2, 0) is 24.2 Å². The first-order chi connectivity index (χ1) is 12.2. The van der Waals surface area contributed by atoms with Crippen LogP contribution in [0.25, 0.3) is 0 Å². The summed E-state index contributed by atoms with van der Waals surface area (Å²) in [4.78, 5) is 13.5. The molecule has 0 fully saturated rings. The Kier molecular flexibility index (Phi) is 8.53. The lowest BCUT2D eigenvalue weighted by Crippen LogP contribution is -2.01. The summed E-state index contributed by atoms with van der Waals surface area (Å²) in [5.74, 6) is -0.794. The summed E-state index contributed by atoms with van der Waals surface area (Å²) in [6, 6.07) is 12.1. The molecule has 25 heavy (non-hydrogen) atoms. The van der Waals surface area contributed by atoms with E-state index in [-0.39, 0.29) is 6.42 Å². The molecule has 0 amide bonds. The highest BCUT2D eigenvalue weighted by Crippen LogP contribution is 2.21. The maximum absolute atomic E-state index is 10.7. The van der Waals surface area contributed by atoms with Gasteiger partial charge in [-0.3, -0.25) is 4.79 Å². The van der Waals surface area contributed by atoms with Crippen molar-refractivity contribution in [3.63, 3.8) is 0 Å². The van der Waals surface area contributed by atoms with Crippen molar-refractivity contribution in [2.45, 2.75) is 64.8 Å².